The van der Waals surface area contributed by atoms with Crippen LogP contribution in [0.3, 0.4) is 0 Å². The number of benzene rings is 2. The van der Waals surface area contributed by atoms with E-state index in [9.17, 15) is 8.78 Å². The fourth-order valence-electron chi connectivity index (χ4n) is 2.27. The van der Waals surface area contributed by atoms with E-state index in [4.69, 9.17) is 0 Å². The molecule has 0 N–H and O–H groups in total. The first kappa shape index (κ1) is 8.60. The minimum atomic E-state index is -1.56. The van der Waals surface area contributed by atoms with Crippen molar-refractivity contribution in [1.29, 1.82) is 0 Å². The minimum absolute atomic E-state index is 0.182. The zero-order valence-corrected chi connectivity index (χ0v) is 7.93. The molecule has 0 atom stereocenters. The van der Waals surface area contributed by atoms with Gasteiger partial charge in [0.2, 0.25) is 0 Å². The lowest BCUT2D eigenvalue weighted by Gasteiger charge is -2.00. The number of hydrogen-bond donors (Lipinski definition) is 0. The third-order valence-electron chi connectivity index (χ3n) is 2.91. The lowest BCUT2D eigenvalue weighted by Crippen LogP contribution is -1.80. The van der Waals surface area contributed by atoms with Gasteiger partial charge in [-0.25, -0.2) is 0 Å². The molecule has 15 heavy (non-hydrogen) atoms. The van der Waals surface area contributed by atoms with Crippen molar-refractivity contribution >= 4 is 16.3 Å². The molecular weight excluding hydrogens is 194 g/mol. The maximum absolute atomic E-state index is 12.7. The molecule has 0 aliphatic heterocycles. The molecule has 0 bridgehead atoms. The highest BCUT2D eigenvalue weighted by molar-refractivity contribution is 6.01. The van der Waals surface area contributed by atoms with Crippen LogP contribution < -0.4 is 0 Å². The fourth-order valence-corrected chi connectivity index (χ4v) is 2.27. The van der Waals surface area contributed by atoms with E-state index in [1.165, 1.54) is 0 Å². The van der Waals surface area contributed by atoms with Gasteiger partial charge in [-0.1, -0.05) is 36.4 Å². The summed E-state index contributed by atoms with van der Waals surface area (Å²) in [6.07, 6.45) is -1.20. The molecule has 0 fully saturated rings. The minimum Gasteiger partial charge on any atom is -0.173 e. The third-order valence-corrected chi connectivity index (χ3v) is 2.91. The smallest absolute Gasteiger partial charge is 0.173 e. The maximum Gasteiger partial charge on any atom is 0.274 e. The first-order valence-electron chi connectivity index (χ1n) is 4.82. The molecule has 1 aliphatic carbocycles. The summed E-state index contributed by atoms with van der Waals surface area (Å²) < 4.78 is 25.4. The molecule has 74 valence electrons. The van der Waals surface area contributed by atoms with Gasteiger partial charge in [0.1, 0.15) is 0 Å². The zero-order valence-electron chi connectivity index (χ0n) is 7.93. The molecule has 0 spiro atoms. The molecule has 0 unspecified atom stereocenters. The number of allylic oxidation sites excluding steroid dienone is 1. The Kier molecular flexibility index (Phi) is 1.66. The molecule has 0 heterocycles. The Morgan fingerprint density at radius 3 is 2.47 bits per heavy atom. The van der Waals surface area contributed by atoms with Gasteiger partial charge < -0.3 is 0 Å². The summed E-state index contributed by atoms with van der Waals surface area (Å²) in [5.74, 6) is 0. The molecule has 2 heteroatoms. The summed E-state index contributed by atoms with van der Waals surface area (Å²) >= 11 is 0. The average Bonchev–Trinajstić information content (AvgIpc) is 2.61. The first-order chi connectivity index (χ1) is 7.27. The lowest BCUT2D eigenvalue weighted by molar-refractivity contribution is 0.424. The second-order valence-electron chi connectivity index (χ2n) is 3.74. The maximum atomic E-state index is 12.7. The van der Waals surface area contributed by atoms with Gasteiger partial charge in [-0.15, -0.1) is 0 Å². The monoisotopic (exact) mass is 202 g/mol. The number of halogens is 2. The Bertz CT molecular complexity index is 573. The van der Waals surface area contributed by atoms with Gasteiger partial charge in [-0.05, 0) is 21.9 Å². The summed E-state index contributed by atoms with van der Waals surface area (Å²) in [4.78, 5) is 0. The normalized spacial score (nSPS) is 13.6. The largest absolute Gasteiger partial charge is 0.274 e. The van der Waals surface area contributed by atoms with Crippen molar-refractivity contribution in [3.05, 3.63) is 53.6 Å². The Hall–Kier alpha value is -1.70. The van der Waals surface area contributed by atoms with Crippen molar-refractivity contribution in [2.75, 3.05) is 0 Å². The quantitative estimate of drug-likeness (QED) is 0.605. The van der Waals surface area contributed by atoms with Gasteiger partial charge in [-0.2, -0.15) is 8.78 Å². The standard InChI is InChI=1S/C13H8F2/c14-13(15)11-7-9-5-1-3-8-4-2-6-10(11)12(8)9/h1-6H,7H2. The van der Waals surface area contributed by atoms with E-state index in [1.807, 2.05) is 30.3 Å². The second kappa shape index (κ2) is 2.89. The summed E-state index contributed by atoms with van der Waals surface area (Å²) in [5.41, 5.74) is 1.89. The van der Waals surface area contributed by atoms with Crippen LogP contribution in [0.15, 0.2) is 42.5 Å². The Morgan fingerprint density at radius 2 is 1.73 bits per heavy atom. The molecule has 0 saturated carbocycles. The van der Waals surface area contributed by atoms with Crippen molar-refractivity contribution in [3.63, 3.8) is 0 Å². The van der Waals surface area contributed by atoms with Crippen molar-refractivity contribution in [2.45, 2.75) is 6.42 Å². The van der Waals surface area contributed by atoms with Gasteiger partial charge in [0.15, 0.2) is 0 Å². The zero-order chi connectivity index (χ0) is 10.4. The van der Waals surface area contributed by atoms with Crippen LogP contribution in [0, 0.1) is 0 Å². The summed E-state index contributed by atoms with van der Waals surface area (Å²) in [5, 5.41) is 2.03. The molecule has 2 aromatic carbocycles. The average molecular weight is 202 g/mol. The van der Waals surface area contributed by atoms with Crippen molar-refractivity contribution in [3.8, 4) is 0 Å². The predicted octanol–water partition coefficient (Wildman–Crippen LogP) is 4.00. The van der Waals surface area contributed by atoms with E-state index in [1.54, 1.807) is 6.07 Å². The van der Waals surface area contributed by atoms with E-state index in [0.29, 0.717) is 12.0 Å². The highest BCUT2D eigenvalue weighted by Gasteiger charge is 2.21. The van der Waals surface area contributed by atoms with Crippen LogP contribution in [0.25, 0.3) is 16.3 Å². The van der Waals surface area contributed by atoms with Crippen LogP contribution in [0.5, 0.6) is 0 Å². The van der Waals surface area contributed by atoms with E-state index < -0.39 is 6.08 Å². The Labute approximate surface area is 85.8 Å². The number of hydrogen-bond acceptors (Lipinski definition) is 0. The van der Waals surface area contributed by atoms with Crippen molar-refractivity contribution in [2.24, 2.45) is 0 Å². The SMILES string of the molecule is FC(F)=C1Cc2cccc3cccc1c23. The molecule has 0 nitrogen and oxygen atoms in total. The van der Waals surface area contributed by atoms with E-state index in [-0.39, 0.29) is 5.57 Å². The van der Waals surface area contributed by atoms with Crippen LogP contribution in [-0.4, -0.2) is 0 Å². The molecule has 1 aliphatic rings. The lowest BCUT2D eigenvalue weighted by atomic mass is 10.0. The van der Waals surface area contributed by atoms with Gasteiger partial charge in [0, 0.05) is 12.0 Å². The molecule has 0 amide bonds. The van der Waals surface area contributed by atoms with Gasteiger partial charge in [0.25, 0.3) is 6.08 Å². The van der Waals surface area contributed by atoms with Gasteiger partial charge >= 0.3 is 0 Å². The summed E-state index contributed by atoms with van der Waals surface area (Å²) in [7, 11) is 0. The predicted molar refractivity (Wildman–Crippen MR) is 56.8 cm³/mol. The second-order valence-corrected chi connectivity index (χ2v) is 3.74. The van der Waals surface area contributed by atoms with Crippen molar-refractivity contribution in [1.82, 2.24) is 0 Å². The van der Waals surface area contributed by atoms with Gasteiger partial charge in [-0.3, -0.25) is 0 Å². The van der Waals surface area contributed by atoms with E-state index in [2.05, 4.69) is 0 Å². The molecule has 0 radical (unpaired) electrons. The molecule has 0 saturated heterocycles. The van der Waals surface area contributed by atoms with Crippen LogP contribution in [-0.2, 0) is 6.42 Å². The Balaban J connectivity index is 2.47. The number of rotatable bonds is 0. The molecule has 0 aromatic heterocycles. The van der Waals surface area contributed by atoms with Crippen LogP contribution in [0.4, 0.5) is 8.78 Å². The van der Waals surface area contributed by atoms with Crippen LogP contribution in [0.1, 0.15) is 11.1 Å². The van der Waals surface area contributed by atoms with Crippen molar-refractivity contribution < 1.29 is 8.78 Å². The third kappa shape index (κ3) is 1.11. The topological polar surface area (TPSA) is 0 Å². The molecule has 3 rings (SSSR count). The van der Waals surface area contributed by atoms with Crippen LogP contribution in [0.2, 0.25) is 0 Å². The highest BCUT2D eigenvalue weighted by atomic mass is 19.3. The fraction of sp³-hybridized carbons (Fsp3) is 0.0769. The van der Waals surface area contributed by atoms with Gasteiger partial charge in [0.05, 0.1) is 0 Å². The summed E-state index contributed by atoms with van der Waals surface area (Å²) in [6.45, 7) is 0. The van der Waals surface area contributed by atoms with Crippen LogP contribution >= 0.6 is 0 Å². The molecule has 2 aromatic rings. The highest BCUT2D eigenvalue weighted by Crippen LogP contribution is 2.39. The van der Waals surface area contributed by atoms with E-state index in [0.717, 1.165) is 16.3 Å². The molecular formula is C13H8F2. The Morgan fingerprint density at radius 1 is 1.00 bits per heavy atom. The summed E-state index contributed by atoms with van der Waals surface area (Å²) in [6, 6.07) is 11.4. The van der Waals surface area contributed by atoms with E-state index >= 15 is 0 Å². The first-order valence-corrected chi connectivity index (χ1v) is 4.82.